The molecule has 0 saturated heterocycles. The smallest absolute Gasteiger partial charge is 0.309 e. The van der Waals surface area contributed by atoms with E-state index in [1.807, 2.05) is 0 Å². The zero-order valence-electron chi connectivity index (χ0n) is 7.01. The first kappa shape index (κ1) is 8.96. The minimum Gasteiger partial charge on any atom is -0.481 e. The van der Waals surface area contributed by atoms with Crippen LogP contribution in [-0.4, -0.2) is 25.7 Å². The van der Waals surface area contributed by atoms with E-state index in [1.165, 1.54) is 17.0 Å². The van der Waals surface area contributed by atoms with Crippen molar-refractivity contribution < 1.29 is 9.90 Å². The summed E-state index contributed by atoms with van der Waals surface area (Å²) in [5.74, 6) is -0.925. The van der Waals surface area contributed by atoms with Gasteiger partial charge < -0.3 is 5.11 Å². The van der Waals surface area contributed by atoms with Crippen molar-refractivity contribution in [3.63, 3.8) is 0 Å². The van der Waals surface area contributed by atoms with E-state index in [-0.39, 0.29) is 6.42 Å². The van der Waals surface area contributed by atoms with Gasteiger partial charge >= 0.3 is 5.97 Å². The molecule has 0 unspecified atom stereocenters. The molecular weight excluding hydrogens is 206 g/mol. The van der Waals surface area contributed by atoms with Crippen molar-refractivity contribution in [1.82, 2.24) is 14.6 Å². The van der Waals surface area contributed by atoms with Crippen LogP contribution in [0.1, 0.15) is 5.69 Å². The normalized spacial score (nSPS) is 10.6. The molecule has 0 saturated carbocycles. The van der Waals surface area contributed by atoms with Crippen molar-refractivity contribution in [2.75, 3.05) is 0 Å². The summed E-state index contributed by atoms with van der Waals surface area (Å²) in [6.07, 6.45) is 2.81. The Morgan fingerprint density at radius 1 is 1.64 bits per heavy atom. The number of rotatable bonds is 2. The molecule has 0 fully saturated rings. The number of carbonyl (C=O) groups is 1. The maximum atomic E-state index is 10.5. The Morgan fingerprint density at radius 3 is 3.14 bits per heavy atom. The van der Waals surface area contributed by atoms with Crippen LogP contribution in [0.25, 0.3) is 5.52 Å². The van der Waals surface area contributed by atoms with Crippen LogP contribution >= 0.6 is 11.6 Å². The van der Waals surface area contributed by atoms with E-state index in [0.29, 0.717) is 16.2 Å². The summed E-state index contributed by atoms with van der Waals surface area (Å²) < 4.78 is 1.49. The van der Waals surface area contributed by atoms with Gasteiger partial charge in [0.1, 0.15) is 6.33 Å². The Hall–Kier alpha value is -1.62. The van der Waals surface area contributed by atoms with Gasteiger partial charge in [-0.2, -0.15) is 5.10 Å². The first-order valence-electron chi connectivity index (χ1n) is 3.86. The fraction of sp³-hybridized carbons (Fsp3) is 0.125. The lowest BCUT2D eigenvalue weighted by atomic mass is 10.3. The van der Waals surface area contributed by atoms with Gasteiger partial charge in [0, 0.05) is 0 Å². The number of fused-ring (bicyclic) bond motifs is 1. The minimum atomic E-state index is -0.925. The van der Waals surface area contributed by atoms with Crippen molar-refractivity contribution in [3.8, 4) is 0 Å². The predicted octanol–water partition coefficient (Wildman–Crippen LogP) is 1.01. The standard InChI is InChI=1S/C8H6ClN3O2/c9-5-1-7-6(2-8(13)14)10-4-12(7)11-3-5/h1,3-4H,2H2,(H,13,14). The molecule has 0 aliphatic carbocycles. The largest absolute Gasteiger partial charge is 0.481 e. The van der Waals surface area contributed by atoms with Crippen LogP contribution in [0.4, 0.5) is 0 Å². The molecule has 2 aromatic rings. The van der Waals surface area contributed by atoms with E-state index in [4.69, 9.17) is 16.7 Å². The van der Waals surface area contributed by atoms with Gasteiger partial charge in [0.05, 0.1) is 28.9 Å². The lowest BCUT2D eigenvalue weighted by Gasteiger charge is -1.95. The van der Waals surface area contributed by atoms with E-state index in [1.54, 1.807) is 6.07 Å². The summed E-state index contributed by atoms with van der Waals surface area (Å²) in [6.45, 7) is 0. The number of aromatic nitrogens is 3. The van der Waals surface area contributed by atoms with Crippen LogP contribution in [-0.2, 0) is 11.2 Å². The third-order valence-electron chi connectivity index (χ3n) is 1.76. The van der Waals surface area contributed by atoms with Crippen LogP contribution in [0.5, 0.6) is 0 Å². The Balaban J connectivity index is 2.55. The SMILES string of the molecule is O=C(O)Cc1ncn2ncc(Cl)cc12. The van der Waals surface area contributed by atoms with Crippen LogP contribution in [0.2, 0.25) is 5.02 Å². The third-order valence-corrected chi connectivity index (χ3v) is 1.97. The van der Waals surface area contributed by atoms with E-state index in [0.717, 1.165) is 0 Å². The molecule has 72 valence electrons. The first-order chi connectivity index (χ1) is 6.66. The molecule has 0 amide bonds. The van der Waals surface area contributed by atoms with Gasteiger partial charge in [0.15, 0.2) is 0 Å². The van der Waals surface area contributed by atoms with Gasteiger partial charge in [0.2, 0.25) is 0 Å². The lowest BCUT2D eigenvalue weighted by Crippen LogP contribution is -2.01. The van der Waals surface area contributed by atoms with Crippen molar-refractivity contribution in [2.45, 2.75) is 6.42 Å². The second-order valence-electron chi connectivity index (χ2n) is 2.77. The maximum absolute atomic E-state index is 10.5. The van der Waals surface area contributed by atoms with Gasteiger partial charge in [-0.1, -0.05) is 11.6 Å². The molecular formula is C8H6ClN3O2. The van der Waals surface area contributed by atoms with Gasteiger partial charge in [0.25, 0.3) is 0 Å². The summed E-state index contributed by atoms with van der Waals surface area (Å²) in [4.78, 5) is 14.4. The summed E-state index contributed by atoms with van der Waals surface area (Å²) >= 11 is 5.73. The quantitative estimate of drug-likeness (QED) is 0.805. The first-order valence-corrected chi connectivity index (χ1v) is 4.24. The molecule has 2 aromatic heterocycles. The highest BCUT2D eigenvalue weighted by Gasteiger charge is 2.09. The fourth-order valence-corrected chi connectivity index (χ4v) is 1.34. The maximum Gasteiger partial charge on any atom is 0.309 e. The van der Waals surface area contributed by atoms with Crippen LogP contribution in [0.3, 0.4) is 0 Å². The molecule has 0 bridgehead atoms. The number of imidazole rings is 1. The second-order valence-corrected chi connectivity index (χ2v) is 3.20. The molecule has 5 nitrogen and oxygen atoms in total. The highest BCUT2D eigenvalue weighted by Crippen LogP contribution is 2.14. The highest BCUT2D eigenvalue weighted by molar-refractivity contribution is 6.30. The number of hydrogen-bond donors (Lipinski definition) is 1. The zero-order valence-corrected chi connectivity index (χ0v) is 7.77. The molecule has 0 aliphatic heterocycles. The van der Waals surface area contributed by atoms with Gasteiger partial charge in [-0.05, 0) is 6.07 Å². The predicted molar refractivity (Wildman–Crippen MR) is 49.3 cm³/mol. The van der Waals surface area contributed by atoms with Crippen LogP contribution in [0.15, 0.2) is 18.6 Å². The van der Waals surface area contributed by atoms with E-state index in [9.17, 15) is 4.79 Å². The highest BCUT2D eigenvalue weighted by atomic mass is 35.5. The number of carboxylic acid groups (broad SMARTS) is 1. The average molecular weight is 212 g/mol. The fourth-order valence-electron chi connectivity index (χ4n) is 1.19. The summed E-state index contributed by atoms with van der Waals surface area (Å²) in [5, 5.41) is 13.0. The van der Waals surface area contributed by atoms with E-state index < -0.39 is 5.97 Å². The summed E-state index contributed by atoms with van der Waals surface area (Å²) in [5.41, 5.74) is 1.09. The topological polar surface area (TPSA) is 67.5 Å². The number of carboxylic acids is 1. The van der Waals surface area contributed by atoms with E-state index in [2.05, 4.69) is 10.1 Å². The molecule has 0 spiro atoms. The van der Waals surface area contributed by atoms with Crippen molar-refractivity contribution in [3.05, 3.63) is 29.3 Å². The number of aliphatic carboxylic acids is 1. The third kappa shape index (κ3) is 1.54. The molecule has 0 radical (unpaired) electrons. The molecule has 14 heavy (non-hydrogen) atoms. The summed E-state index contributed by atoms with van der Waals surface area (Å²) in [7, 11) is 0. The van der Waals surface area contributed by atoms with E-state index >= 15 is 0 Å². The minimum absolute atomic E-state index is 0.126. The number of hydrogen-bond acceptors (Lipinski definition) is 3. The van der Waals surface area contributed by atoms with Gasteiger partial charge in [-0.3, -0.25) is 4.79 Å². The van der Waals surface area contributed by atoms with Crippen LogP contribution in [0, 0.1) is 0 Å². The van der Waals surface area contributed by atoms with Crippen molar-refractivity contribution in [1.29, 1.82) is 0 Å². The number of halogens is 1. The lowest BCUT2D eigenvalue weighted by molar-refractivity contribution is -0.136. The molecule has 2 heterocycles. The molecule has 1 N–H and O–H groups in total. The molecule has 2 rings (SSSR count). The second kappa shape index (κ2) is 3.26. The Labute approximate surface area is 83.9 Å². The van der Waals surface area contributed by atoms with Gasteiger partial charge in [-0.15, -0.1) is 0 Å². The van der Waals surface area contributed by atoms with Crippen LogP contribution < -0.4 is 0 Å². The van der Waals surface area contributed by atoms with Crippen molar-refractivity contribution in [2.24, 2.45) is 0 Å². The summed E-state index contributed by atoms with van der Waals surface area (Å²) in [6, 6.07) is 1.64. The molecule has 0 atom stereocenters. The monoisotopic (exact) mass is 211 g/mol. The Bertz CT molecular complexity index is 494. The molecule has 6 heteroatoms. The molecule has 0 aromatic carbocycles. The average Bonchev–Trinajstić information content (AvgIpc) is 2.47. The molecule has 0 aliphatic rings. The Morgan fingerprint density at radius 2 is 2.43 bits per heavy atom. The Kier molecular flexibility index (Phi) is 2.09. The van der Waals surface area contributed by atoms with Gasteiger partial charge in [-0.25, -0.2) is 9.50 Å². The van der Waals surface area contributed by atoms with Crippen molar-refractivity contribution >= 4 is 23.1 Å². The number of nitrogens with zero attached hydrogens (tertiary/aromatic N) is 3. The zero-order chi connectivity index (χ0) is 10.1.